The molecule has 0 radical (unpaired) electrons. The Morgan fingerprint density at radius 1 is 1.44 bits per heavy atom. The molecule has 0 N–H and O–H groups in total. The molecule has 0 aromatic carbocycles. The van der Waals surface area contributed by atoms with Crippen LogP contribution in [0.2, 0.25) is 0 Å². The number of ether oxygens (including phenoxy) is 1. The van der Waals surface area contributed by atoms with Crippen molar-refractivity contribution >= 4 is 5.97 Å². The van der Waals surface area contributed by atoms with Crippen LogP contribution in [0.15, 0.2) is 24.8 Å². The summed E-state index contributed by atoms with van der Waals surface area (Å²) in [6.07, 6.45) is 3.91. The third-order valence-electron chi connectivity index (χ3n) is 4.06. The quantitative estimate of drug-likeness (QED) is 0.385. The number of rotatable bonds is 1. The summed E-state index contributed by atoms with van der Waals surface area (Å²) < 4.78 is 5.42. The largest absolute Gasteiger partial charge is 0.458 e. The Hall–Kier alpha value is -1.05. The summed E-state index contributed by atoms with van der Waals surface area (Å²) in [5.41, 5.74) is 0.743. The van der Waals surface area contributed by atoms with Gasteiger partial charge in [0.05, 0.1) is 0 Å². The van der Waals surface area contributed by atoms with Gasteiger partial charge in [0.1, 0.15) is 6.10 Å². The van der Waals surface area contributed by atoms with Crippen molar-refractivity contribution in [3.8, 4) is 0 Å². The average molecular weight is 220 g/mol. The Morgan fingerprint density at radius 3 is 2.62 bits per heavy atom. The van der Waals surface area contributed by atoms with Gasteiger partial charge in [0.25, 0.3) is 0 Å². The summed E-state index contributed by atoms with van der Waals surface area (Å²) in [4.78, 5) is 11.6. The molecule has 2 nitrogen and oxygen atoms in total. The zero-order valence-electron chi connectivity index (χ0n) is 10.4. The van der Waals surface area contributed by atoms with Crippen LogP contribution in [0.5, 0.6) is 0 Å². The molecule has 1 aliphatic carbocycles. The van der Waals surface area contributed by atoms with Gasteiger partial charge in [-0.15, -0.1) is 6.58 Å². The Bertz CT molecular complexity index is 367. The van der Waals surface area contributed by atoms with Gasteiger partial charge in [-0.2, -0.15) is 0 Å². The van der Waals surface area contributed by atoms with Gasteiger partial charge in [0.2, 0.25) is 0 Å². The topological polar surface area (TPSA) is 26.3 Å². The minimum Gasteiger partial charge on any atom is -0.458 e. The van der Waals surface area contributed by atoms with E-state index >= 15 is 0 Å². The summed E-state index contributed by atoms with van der Waals surface area (Å²) >= 11 is 0. The molecule has 1 aliphatic heterocycles. The van der Waals surface area contributed by atoms with E-state index in [4.69, 9.17) is 4.74 Å². The number of hydrogen-bond acceptors (Lipinski definition) is 2. The fourth-order valence-electron chi connectivity index (χ4n) is 3.57. The van der Waals surface area contributed by atoms with Crippen molar-refractivity contribution in [2.24, 2.45) is 16.7 Å². The molecule has 1 heterocycles. The van der Waals surface area contributed by atoms with Crippen LogP contribution in [-0.4, -0.2) is 12.1 Å². The average Bonchev–Trinajstić information content (AvgIpc) is 2.40. The number of carbonyl (C=O) groups excluding carboxylic acids is 1. The smallest absolute Gasteiger partial charge is 0.334 e. The van der Waals surface area contributed by atoms with Crippen LogP contribution >= 0.6 is 0 Å². The number of hydrogen-bond donors (Lipinski definition) is 0. The van der Waals surface area contributed by atoms with Crippen molar-refractivity contribution in [3.05, 3.63) is 24.8 Å². The van der Waals surface area contributed by atoms with E-state index in [1.807, 2.05) is 6.08 Å². The lowest BCUT2D eigenvalue weighted by Crippen LogP contribution is -2.44. The second kappa shape index (κ2) is 3.22. The minimum atomic E-state index is -0.222. The third kappa shape index (κ3) is 1.51. The number of esters is 1. The first-order valence-corrected chi connectivity index (χ1v) is 5.82. The van der Waals surface area contributed by atoms with Gasteiger partial charge in [-0.1, -0.05) is 33.4 Å². The van der Waals surface area contributed by atoms with E-state index < -0.39 is 0 Å². The van der Waals surface area contributed by atoms with Crippen molar-refractivity contribution in [1.29, 1.82) is 0 Å². The first-order valence-electron chi connectivity index (χ1n) is 5.82. The molecule has 0 unspecified atom stereocenters. The van der Waals surface area contributed by atoms with E-state index in [9.17, 15) is 4.79 Å². The van der Waals surface area contributed by atoms with Gasteiger partial charge in [-0.3, -0.25) is 0 Å². The molecular formula is C14H20O2. The molecule has 0 aromatic rings. The number of fused-ring (bicyclic) bond motifs is 1. The van der Waals surface area contributed by atoms with Gasteiger partial charge in [0, 0.05) is 11.5 Å². The highest BCUT2D eigenvalue weighted by atomic mass is 16.6. The van der Waals surface area contributed by atoms with Crippen LogP contribution in [0.1, 0.15) is 33.6 Å². The Labute approximate surface area is 97.4 Å². The van der Waals surface area contributed by atoms with Crippen molar-refractivity contribution in [3.63, 3.8) is 0 Å². The fraction of sp³-hybridized carbons (Fsp3) is 0.643. The predicted molar refractivity (Wildman–Crippen MR) is 63.8 cm³/mol. The first-order chi connectivity index (χ1) is 7.29. The van der Waals surface area contributed by atoms with Crippen molar-refractivity contribution < 1.29 is 9.53 Å². The second-order valence-corrected chi connectivity index (χ2v) is 6.20. The highest BCUT2D eigenvalue weighted by Crippen LogP contribution is 2.55. The third-order valence-corrected chi connectivity index (χ3v) is 4.06. The van der Waals surface area contributed by atoms with Crippen LogP contribution < -0.4 is 0 Å². The molecule has 1 saturated carbocycles. The lowest BCUT2D eigenvalue weighted by Gasteiger charge is -2.47. The summed E-state index contributed by atoms with van der Waals surface area (Å²) in [6, 6.07) is 0. The minimum absolute atomic E-state index is 0.00764. The molecule has 2 aliphatic rings. The Kier molecular flexibility index (Phi) is 2.30. The SMILES string of the molecule is C=C[C@@]1(C)CC(C)(C)C[C@@H]2OC(=O)C(=C)[C@@H]21. The lowest BCUT2D eigenvalue weighted by molar-refractivity contribution is -0.142. The van der Waals surface area contributed by atoms with Gasteiger partial charge in [-0.25, -0.2) is 4.79 Å². The maximum absolute atomic E-state index is 11.6. The maximum Gasteiger partial charge on any atom is 0.334 e. The van der Waals surface area contributed by atoms with Gasteiger partial charge in [0.15, 0.2) is 0 Å². The van der Waals surface area contributed by atoms with Gasteiger partial charge in [-0.05, 0) is 23.7 Å². The van der Waals surface area contributed by atoms with E-state index in [1.165, 1.54) is 0 Å². The van der Waals surface area contributed by atoms with Crippen LogP contribution in [0.3, 0.4) is 0 Å². The van der Waals surface area contributed by atoms with E-state index in [2.05, 4.69) is 33.9 Å². The molecular weight excluding hydrogens is 200 g/mol. The van der Waals surface area contributed by atoms with Gasteiger partial charge < -0.3 is 4.74 Å². The molecule has 0 bridgehead atoms. The van der Waals surface area contributed by atoms with E-state index in [0.717, 1.165) is 12.8 Å². The molecule has 0 aromatic heterocycles. The van der Waals surface area contributed by atoms with E-state index in [-0.39, 0.29) is 28.8 Å². The molecule has 0 amide bonds. The molecule has 2 fully saturated rings. The molecule has 16 heavy (non-hydrogen) atoms. The molecule has 2 rings (SSSR count). The maximum atomic E-state index is 11.6. The van der Waals surface area contributed by atoms with Crippen LogP contribution in [-0.2, 0) is 9.53 Å². The van der Waals surface area contributed by atoms with Crippen LogP contribution in [0.25, 0.3) is 0 Å². The zero-order valence-corrected chi connectivity index (χ0v) is 10.4. The second-order valence-electron chi connectivity index (χ2n) is 6.20. The highest BCUT2D eigenvalue weighted by Gasteiger charge is 2.54. The van der Waals surface area contributed by atoms with Crippen LogP contribution in [0, 0.1) is 16.7 Å². The fourth-order valence-corrected chi connectivity index (χ4v) is 3.57. The van der Waals surface area contributed by atoms with Crippen molar-refractivity contribution in [2.45, 2.75) is 39.7 Å². The summed E-state index contributed by atoms with van der Waals surface area (Å²) in [6.45, 7) is 14.4. The number of allylic oxidation sites excluding steroid dienone is 1. The zero-order chi connectivity index (χ0) is 12.1. The standard InChI is InChI=1S/C14H20O2/c1-6-14(5)8-13(3,4)7-10-11(14)9(2)12(15)16-10/h6,10-11H,1-2,7-8H2,3-5H3/t10-,11-,14-/m0/s1. The Balaban J connectivity index is 2.42. The van der Waals surface area contributed by atoms with Gasteiger partial charge >= 0.3 is 5.97 Å². The Morgan fingerprint density at radius 2 is 2.06 bits per heavy atom. The normalized spacial score (nSPS) is 41.4. The van der Waals surface area contributed by atoms with Crippen LogP contribution in [0.4, 0.5) is 0 Å². The monoisotopic (exact) mass is 220 g/mol. The molecule has 0 spiro atoms. The molecule has 88 valence electrons. The summed E-state index contributed by atoms with van der Waals surface area (Å²) in [5.74, 6) is -0.105. The number of carbonyl (C=O) groups is 1. The lowest BCUT2D eigenvalue weighted by atomic mass is 9.57. The first kappa shape index (κ1) is 11.4. The molecule has 2 heteroatoms. The molecule has 3 atom stereocenters. The van der Waals surface area contributed by atoms with E-state index in [0.29, 0.717) is 5.57 Å². The molecule has 1 saturated heterocycles. The summed E-state index contributed by atoms with van der Waals surface area (Å²) in [7, 11) is 0. The predicted octanol–water partition coefficient (Wildman–Crippen LogP) is 3.10. The highest BCUT2D eigenvalue weighted by molar-refractivity contribution is 5.91. The van der Waals surface area contributed by atoms with E-state index in [1.54, 1.807) is 0 Å². The van der Waals surface area contributed by atoms with Crippen molar-refractivity contribution in [1.82, 2.24) is 0 Å². The summed E-state index contributed by atoms with van der Waals surface area (Å²) in [5, 5.41) is 0. The van der Waals surface area contributed by atoms with Crippen molar-refractivity contribution in [2.75, 3.05) is 0 Å².